The number of halogens is 3. The van der Waals surface area contributed by atoms with Crippen molar-refractivity contribution in [3.05, 3.63) is 89.7 Å². The maximum atomic E-state index is 13.4. The second-order valence-corrected chi connectivity index (χ2v) is 13.2. The highest BCUT2D eigenvalue weighted by Gasteiger charge is 2.46. The largest absolute Gasteiger partial charge is 0.573 e. The number of aliphatic imine (C=N–C) groups is 1. The lowest BCUT2D eigenvalue weighted by Gasteiger charge is -2.23. The van der Waals surface area contributed by atoms with Crippen molar-refractivity contribution in [2.45, 2.75) is 58.1 Å². The quantitative estimate of drug-likeness (QED) is 0.213. The van der Waals surface area contributed by atoms with Gasteiger partial charge in [0.1, 0.15) is 12.1 Å². The molecule has 1 saturated heterocycles. The monoisotopic (exact) mass is 650 g/mol. The van der Waals surface area contributed by atoms with Gasteiger partial charge in [0.15, 0.2) is 11.0 Å². The summed E-state index contributed by atoms with van der Waals surface area (Å²) in [6, 6.07) is 18.3. The molecule has 1 aromatic heterocycles. The minimum atomic E-state index is -4.76. The van der Waals surface area contributed by atoms with Gasteiger partial charge >= 0.3 is 12.4 Å². The molecule has 0 unspecified atom stereocenters. The van der Waals surface area contributed by atoms with Gasteiger partial charge in [0, 0.05) is 12.1 Å². The predicted molar refractivity (Wildman–Crippen MR) is 172 cm³/mol. The summed E-state index contributed by atoms with van der Waals surface area (Å²) in [5, 5.41) is 7.60. The molecule has 1 fully saturated rings. The van der Waals surface area contributed by atoms with Crippen molar-refractivity contribution in [2.75, 3.05) is 11.4 Å². The third-order valence-electron chi connectivity index (χ3n) is 7.23. The second kappa shape index (κ2) is 13.0. The molecule has 0 radical (unpaired) electrons. The predicted octanol–water partition coefficient (Wildman–Crippen LogP) is 7.43. The van der Waals surface area contributed by atoms with Crippen LogP contribution in [0.3, 0.4) is 0 Å². The van der Waals surface area contributed by atoms with E-state index in [0.717, 1.165) is 27.9 Å². The van der Waals surface area contributed by atoms with Crippen LogP contribution in [0, 0.1) is 6.92 Å². The Labute approximate surface area is 268 Å². The molecule has 1 aliphatic heterocycles. The average Bonchev–Trinajstić information content (AvgIpc) is 3.55. The Bertz CT molecular complexity index is 1770. The van der Waals surface area contributed by atoms with Gasteiger partial charge < -0.3 is 10.1 Å². The van der Waals surface area contributed by atoms with Crippen LogP contribution in [0.4, 0.5) is 23.7 Å². The molecule has 5 rings (SSSR count). The maximum Gasteiger partial charge on any atom is 0.573 e. The molecule has 46 heavy (non-hydrogen) atoms. The van der Waals surface area contributed by atoms with Crippen molar-refractivity contribution in [3.63, 3.8) is 0 Å². The van der Waals surface area contributed by atoms with Crippen LogP contribution in [0.2, 0.25) is 0 Å². The summed E-state index contributed by atoms with van der Waals surface area (Å²) >= 11 is 1.27. The highest BCUT2D eigenvalue weighted by atomic mass is 32.2. The third-order valence-corrected chi connectivity index (χ3v) is 8.37. The molecular formula is C33H33F3N6O3S. The number of nitrogens with one attached hydrogen (secondary N) is 1. The molecule has 0 saturated carbocycles. The molecule has 0 spiro atoms. The van der Waals surface area contributed by atoms with Gasteiger partial charge in [-0.1, -0.05) is 62.0 Å². The smallest absolute Gasteiger partial charge is 0.406 e. The second-order valence-electron chi connectivity index (χ2n) is 11.6. The number of alkyl halides is 3. The number of amides is 3. The minimum Gasteiger partial charge on any atom is -0.406 e. The van der Waals surface area contributed by atoms with Crippen molar-refractivity contribution in [1.82, 2.24) is 20.1 Å². The van der Waals surface area contributed by atoms with Crippen molar-refractivity contribution < 1.29 is 27.5 Å². The number of rotatable bonds is 8. The summed E-state index contributed by atoms with van der Waals surface area (Å²) in [4.78, 5) is 36.5. The average molecular weight is 651 g/mol. The summed E-state index contributed by atoms with van der Waals surface area (Å²) in [7, 11) is 0. The fourth-order valence-electron chi connectivity index (χ4n) is 4.88. The van der Waals surface area contributed by atoms with Crippen LogP contribution in [-0.4, -0.2) is 49.5 Å². The number of anilines is 1. The molecule has 3 aromatic carbocycles. The van der Waals surface area contributed by atoms with Crippen LogP contribution >= 0.6 is 11.8 Å². The molecule has 240 valence electrons. The van der Waals surface area contributed by atoms with Gasteiger partial charge in [-0.15, -0.1) is 18.3 Å². The van der Waals surface area contributed by atoms with E-state index in [9.17, 15) is 22.8 Å². The van der Waals surface area contributed by atoms with E-state index in [-0.39, 0.29) is 17.6 Å². The maximum absolute atomic E-state index is 13.4. The molecular weight excluding hydrogens is 617 g/mol. The first-order chi connectivity index (χ1) is 21.7. The van der Waals surface area contributed by atoms with Gasteiger partial charge in [-0.05, 0) is 80.1 Å². The van der Waals surface area contributed by atoms with E-state index in [1.54, 1.807) is 4.90 Å². The molecule has 0 atom stereocenters. The summed E-state index contributed by atoms with van der Waals surface area (Å²) in [6.45, 7) is 10.1. The zero-order valence-corrected chi connectivity index (χ0v) is 26.7. The summed E-state index contributed by atoms with van der Waals surface area (Å²) in [5.41, 5.74) is 5.00. The number of amidine groups is 1. The third kappa shape index (κ3) is 7.58. The lowest BCUT2D eigenvalue weighted by molar-refractivity contribution is -0.274. The highest BCUT2D eigenvalue weighted by molar-refractivity contribution is 8.16. The van der Waals surface area contributed by atoms with E-state index in [4.69, 9.17) is 0 Å². The molecule has 0 bridgehead atoms. The molecule has 13 heteroatoms. The van der Waals surface area contributed by atoms with E-state index >= 15 is 0 Å². The first-order valence-electron chi connectivity index (χ1n) is 14.6. The van der Waals surface area contributed by atoms with Gasteiger partial charge in [0.05, 0.1) is 16.1 Å². The van der Waals surface area contributed by atoms with Crippen LogP contribution in [0.25, 0.3) is 17.1 Å². The van der Waals surface area contributed by atoms with E-state index < -0.39 is 17.1 Å². The Hall–Kier alpha value is -4.65. The molecule has 1 N–H and O–H groups in total. The SMILES string of the molecule is Cc1ccc(C(C)C)c(N2C(=O)C(C)(C)S/C2=N\C(=O)NCCc2ccc(-c3ncn(-c4ccc(OC(F)(F)F)cc4)n3)cc2)c1. The Morgan fingerprint density at radius 3 is 2.41 bits per heavy atom. The first kappa shape index (κ1) is 32.7. The summed E-state index contributed by atoms with van der Waals surface area (Å²) in [5.74, 6) is 0.172. The molecule has 4 aromatic rings. The van der Waals surface area contributed by atoms with E-state index in [0.29, 0.717) is 29.6 Å². The van der Waals surface area contributed by atoms with Gasteiger partial charge in [-0.25, -0.2) is 14.5 Å². The van der Waals surface area contributed by atoms with E-state index in [1.807, 2.05) is 63.2 Å². The summed E-state index contributed by atoms with van der Waals surface area (Å²) in [6.07, 6.45) is -2.74. The Morgan fingerprint density at radius 2 is 1.76 bits per heavy atom. The van der Waals surface area contributed by atoms with Crippen LogP contribution in [0.5, 0.6) is 5.75 Å². The van der Waals surface area contributed by atoms with Gasteiger partial charge in [0.2, 0.25) is 5.91 Å². The van der Waals surface area contributed by atoms with Crippen LogP contribution in [0.1, 0.15) is 50.3 Å². The molecule has 0 aliphatic carbocycles. The van der Waals surface area contributed by atoms with Gasteiger partial charge in [0.25, 0.3) is 0 Å². The van der Waals surface area contributed by atoms with Crippen molar-refractivity contribution in [3.8, 4) is 22.8 Å². The number of hydrogen-bond acceptors (Lipinski definition) is 6. The van der Waals surface area contributed by atoms with Crippen LogP contribution < -0.4 is 15.0 Å². The standard InChI is InChI=1S/C33H33F3N6O3S/c1-20(2)26-15-6-21(3)18-27(26)42-29(43)32(4,5)46-31(42)39-30(44)37-17-16-22-7-9-23(10-8-22)28-38-19-41(40-28)24-11-13-25(14-12-24)45-33(34,35)36/h6-15,18-20H,16-17H2,1-5H3,(H,37,44)/b39-31-. The zero-order valence-electron chi connectivity index (χ0n) is 25.9. The number of carbonyl (C=O) groups is 2. The fourth-order valence-corrected chi connectivity index (χ4v) is 5.91. The van der Waals surface area contributed by atoms with E-state index in [2.05, 4.69) is 39.0 Å². The Balaban J connectivity index is 1.20. The zero-order chi connectivity index (χ0) is 33.2. The summed E-state index contributed by atoms with van der Waals surface area (Å²) < 4.78 is 41.9. The fraction of sp³-hybridized carbons (Fsp3) is 0.303. The number of thioether (sulfide) groups is 1. The highest BCUT2D eigenvalue weighted by Crippen LogP contribution is 2.42. The lowest BCUT2D eigenvalue weighted by Crippen LogP contribution is -2.37. The number of aromatic nitrogens is 3. The number of carbonyl (C=O) groups excluding carboxylic acids is 2. The first-order valence-corrected chi connectivity index (χ1v) is 15.4. The van der Waals surface area contributed by atoms with Crippen molar-refractivity contribution in [2.24, 2.45) is 4.99 Å². The minimum absolute atomic E-state index is 0.121. The van der Waals surface area contributed by atoms with Gasteiger partial charge in [-0.2, -0.15) is 4.99 Å². The number of hydrogen-bond donors (Lipinski definition) is 1. The lowest BCUT2D eigenvalue weighted by atomic mass is 9.98. The van der Waals surface area contributed by atoms with Crippen LogP contribution in [-0.2, 0) is 11.2 Å². The van der Waals surface area contributed by atoms with Crippen molar-refractivity contribution >= 4 is 34.6 Å². The molecule has 9 nitrogen and oxygen atoms in total. The number of ether oxygens (including phenoxy) is 1. The Kier molecular flexibility index (Phi) is 9.24. The van der Waals surface area contributed by atoms with E-state index in [1.165, 1.54) is 47.0 Å². The number of nitrogens with zero attached hydrogens (tertiary/aromatic N) is 5. The Morgan fingerprint density at radius 1 is 1.07 bits per heavy atom. The normalized spacial score (nSPS) is 15.5. The molecule has 3 amide bonds. The molecule has 2 heterocycles. The number of urea groups is 1. The van der Waals surface area contributed by atoms with Crippen LogP contribution in [0.15, 0.2) is 78.0 Å². The molecule has 1 aliphatic rings. The number of aryl methyl sites for hydroxylation is 1. The number of benzene rings is 3. The van der Waals surface area contributed by atoms with Gasteiger partial charge in [-0.3, -0.25) is 9.69 Å². The van der Waals surface area contributed by atoms with Crippen molar-refractivity contribution in [1.29, 1.82) is 0 Å². The topological polar surface area (TPSA) is 102 Å².